The minimum absolute atomic E-state index is 0.0438. The van der Waals surface area contributed by atoms with Crippen LogP contribution >= 0.6 is 15.9 Å². The van der Waals surface area contributed by atoms with Gasteiger partial charge in [-0.3, -0.25) is 4.79 Å². The molecule has 0 spiro atoms. The fourth-order valence-corrected chi connectivity index (χ4v) is 2.78. The summed E-state index contributed by atoms with van der Waals surface area (Å²) < 4.78 is 16.0. The zero-order chi connectivity index (χ0) is 22.9. The topological polar surface area (TPSA) is 90.9 Å². The molecule has 0 aliphatic heterocycles. The number of carbonyl (C=O) groups excluding carboxylic acids is 3. The van der Waals surface area contributed by atoms with E-state index in [1.807, 2.05) is 60.7 Å². The number of halogens is 1. The van der Waals surface area contributed by atoms with Gasteiger partial charge in [-0.25, -0.2) is 9.59 Å². The lowest BCUT2D eigenvalue weighted by Crippen LogP contribution is -2.47. The summed E-state index contributed by atoms with van der Waals surface area (Å²) in [5, 5.41) is 2.39. The average Bonchev–Trinajstić information content (AvgIpc) is 2.74. The lowest BCUT2D eigenvalue weighted by Gasteiger charge is -2.25. The first-order chi connectivity index (χ1) is 14.7. The van der Waals surface area contributed by atoms with Crippen LogP contribution in [0.4, 0.5) is 4.79 Å². The van der Waals surface area contributed by atoms with Crippen LogP contribution in [-0.2, 0) is 23.8 Å². The highest BCUT2D eigenvalue weighted by molar-refractivity contribution is 9.09. The van der Waals surface area contributed by atoms with E-state index in [0.29, 0.717) is 0 Å². The molecule has 0 aliphatic carbocycles. The molecule has 31 heavy (non-hydrogen) atoms. The van der Waals surface area contributed by atoms with Crippen molar-refractivity contribution >= 4 is 34.0 Å². The van der Waals surface area contributed by atoms with E-state index >= 15 is 0 Å². The van der Waals surface area contributed by atoms with Crippen molar-refractivity contribution in [2.45, 2.75) is 38.5 Å². The lowest BCUT2D eigenvalue weighted by molar-refractivity contribution is -0.154. The van der Waals surface area contributed by atoms with Gasteiger partial charge in [-0.15, -0.1) is 0 Å². The monoisotopic (exact) mass is 491 g/mol. The highest BCUT2D eigenvalue weighted by atomic mass is 79.9. The summed E-state index contributed by atoms with van der Waals surface area (Å²) in [6.07, 6.45) is -1.52. The van der Waals surface area contributed by atoms with Gasteiger partial charge in [0.2, 0.25) is 0 Å². The molecule has 1 unspecified atom stereocenters. The molecule has 0 bridgehead atoms. The van der Waals surface area contributed by atoms with E-state index in [-0.39, 0.29) is 5.33 Å². The summed E-state index contributed by atoms with van der Waals surface area (Å²) in [5.41, 5.74) is 0.757. The first kappa shape index (κ1) is 24.4. The number of esters is 2. The number of nitrogens with one attached hydrogen (secondary N) is 1. The molecule has 7 nitrogen and oxygen atoms in total. The van der Waals surface area contributed by atoms with Gasteiger partial charge in [-0.2, -0.15) is 0 Å². The Morgan fingerprint density at radius 2 is 1.45 bits per heavy atom. The molecule has 0 saturated heterocycles. The quantitative estimate of drug-likeness (QED) is 0.338. The third kappa shape index (κ3) is 8.41. The summed E-state index contributed by atoms with van der Waals surface area (Å²) in [4.78, 5) is 36.8. The van der Waals surface area contributed by atoms with Crippen molar-refractivity contribution in [1.29, 1.82) is 0 Å². The molecule has 1 N–H and O–H groups in total. The summed E-state index contributed by atoms with van der Waals surface area (Å²) in [6, 6.07) is 17.2. The highest BCUT2D eigenvalue weighted by Crippen LogP contribution is 2.26. The van der Waals surface area contributed by atoms with Gasteiger partial charge in [0.05, 0.1) is 0 Å². The summed E-state index contributed by atoms with van der Waals surface area (Å²) in [5.74, 6) is -1.34. The average molecular weight is 492 g/mol. The third-order valence-corrected chi connectivity index (χ3v) is 4.39. The predicted octanol–water partition coefficient (Wildman–Crippen LogP) is 4.15. The number of benzene rings is 2. The van der Waals surface area contributed by atoms with E-state index < -0.39 is 42.4 Å². The molecule has 8 heteroatoms. The van der Waals surface area contributed by atoms with E-state index in [1.165, 1.54) is 0 Å². The van der Waals surface area contributed by atoms with E-state index in [9.17, 15) is 14.4 Å². The second-order valence-electron chi connectivity index (χ2n) is 7.65. The summed E-state index contributed by atoms with van der Waals surface area (Å²) in [6.45, 7) is 4.71. The Morgan fingerprint density at radius 1 is 0.935 bits per heavy atom. The Morgan fingerprint density at radius 3 is 1.90 bits per heavy atom. The molecule has 166 valence electrons. The number of amides is 1. The minimum Gasteiger partial charge on any atom is -0.462 e. The standard InChI is InChI=1S/C23H26BrNO6/c1-23(2,3)31-22(28)25-18(15-29-19(26)14-24)21(27)30-20(16-10-6-4-7-11-16)17-12-8-5-9-13-17/h4-13,18,20H,14-15H2,1-3H3,(H,25,28). The van der Waals surface area contributed by atoms with Crippen molar-refractivity contribution < 1.29 is 28.6 Å². The molecule has 0 aromatic heterocycles. The van der Waals surface area contributed by atoms with Crippen LogP contribution in [0.2, 0.25) is 0 Å². The molecule has 2 aromatic rings. The van der Waals surface area contributed by atoms with Crippen LogP contribution in [0.3, 0.4) is 0 Å². The highest BCUT2D eigenvalue weighted by Gasteiger charge is 2.30. The first-order valence-electron chi connectivity index (χ1n) is 9.71. The lowest BCUT2D eigenvalue weighted by atomic mass is 10.0. The number of hydrogen-bond acceptors (Lipinski definition) is 6. The second kappa shape index (κ2) is 11.5. The number of alkyl halides is 1. The van der Waals surface area contributed by atoms with E-state index in [0.717, 1.165) is 11.1 Å². The Labute approximate surface area is 190 Å². The fourth-order valence-electron chi connectivity index (χ4n) is 2.62. The summed E-state index contributed by atoms with van der Waals surface area (Å²) >= 11 is 2.99. The zero-order valence-electron chi connectivity index (χ0n) is 17.7. The van der Waals surface area contributed by atoms with Crippen molar-refractivity contribution in [3.05, 3.63) is 71.8 Å². The maximum atomic E-state index is 13.0. The van der Waals surface area contributed by atoms with Crippen LogP contribution in [-0.4, -0.2) is 41.6 Å². The maximum absolute atomic E-state index is 13.0. The van der Waals surface area contributed by atoms with E-state index in [2.05, 4.69) is 21.2 Å². The van der Waals surface area contributed by atoms with Gasteiger partial charge < -0.3 is 19.5 Å². The van der Waals surface area contributed by atoms with Gasteiger partial charge >= 0.3 is 18.0 Å². The molecule has 0 aliphatic rings. The third-order valence-electron chi connectivity index (χ3n) is 3.93. The molecular formula is C23H26BrNO6. The van der Waals surface area contributed by atoms with Crippen molar-refractivity contribution in [2.75, 3.05) is 11.9 Å². The van der Waals surface area contributed by atoms with Gasteiger partial charge in [-0.1, -0.05) is 76.6 Å². The molecule has 1 atom stereocenters. The SMILES string of the molecule is CC(C)(C)OC(=O)NC(COC(=O)CBr)C(=O)OC(c1ccccc1)c1ccccc1. The molecular weight excluding hydrogens is 466 g/mol. The minimum atomic E-state index is -1.24. The zero-order valence-corrected chi connectivity index (χ0v) is 19.3. The van der Waals surface area contributed by atoms with Gasteiger partial charge in [-0.05, 0) is 31.9 Å². The molecule has 0 radical (unpaired) electrons. The smallest absolute Gasteiger partial charge is 0.408 e. The van der Waals surface area contributed by atoms with Crippen LogP contribution in [0.15, 0.2) is 60.7 Å². The fraction of sp³-hybridized carbons (Fsp3) is 0.348. The molecule has 2 rings (SSSR count). The Balaban J connectivity index is 2.23. The van der Waals surface area contributed by atoms with Gasteiger partial charge in [0.1, 0.15) is 17.5 Å². The van der Waals surface area contributed by atoms with Crippen molar-refractivity contribution in [2.24, 2.45) is 0 Å². The number of ether oxygens (including phenoxy) is 3. The second-order valence-corrected chi connectivity index (χ2v) is 8.21. The molecule has 0 fully saturated rings. The van der Waals surface area contributed by atoms with Crippen molar-refractivity contribution in [3.63, 3.8) is 0 Å². The van der Waals surface area contributed by atoms with E-state index in [1.54, 1.807) is 20.8 Å². The molecule has 1 amide bonds. The van der Waals surface area contributed by atoms with E-state index in [4.69, 9.17) is 14.2 Å². The van der Waals surface area contributed by atoms with Gasteiger partial charge in [0, 0.05) is 0 Å². The number of alkyl carbamates (subject to hydrolysis) is 1. The molecule has 0 heterocycles. The number of hydrogen-bond donors (Lipinski definition) is 1. The van der Waals surface area contributed by atoms with Crippen LogP contribution < -0.4 is 5.32 Å². The maximum Gasteiger partial charge on any atom is 0.408 e. The molecule has 0 saturated carbocycles. The van der Waals surface area contributed by atoms with Crippen LogP contribution in [0.25, 0.3) is 0 Å². The number of carbonyl (C=O) groups is 3. The molecule has 2 aromatic carbocycles. The predicted molar refractivity (Wildman–Crippen MR) is 119 cm³/mol. The van der Waals surface area contributed by atoms with Crippen molar-refractivity contribution in [1.82, 2.24) is 5.32 Å². The number of rotatable bonds is 8. The van der Waals surface area contributed by atoms with Gasteiger partial charge in [0.15, 0.2) is 12.1 Å². The Hall–Kier alpha value is -2.87. The Bertz CT molecular complexity index is 827. The first-order valence-corrected chi connectivity index (χ1v) is 10.8. The largest absolute Gasteiger partial charge is 0.462 e. The normalized spacial score (nSPS) is 12.0. The van der Waals surface area contributed by atoms with Crippen LogP contribution in [0.5, 0.6) is 0 Å². The van der Waals surface area contributed by atoms with Crippen LogP contribution in [0.1, 0.15) is 38.0 Å². The van der Waals surface area contributed by atoms with Gasteiger partial charge in [0.25, 0.3) is 0 Å². The Kier molecular flexibility index (Phi) is 9.05. The van der Waals surface area contributed by atoms with Crippen molar-refractivity contribution in [3.8, 4) is 0 Å². The van der Waals surface area contributed by atoms with Crippen LogP contribution in [0, 0.1) is 0 Å². The summed E-state index contributed by atoms with van der Waals surface area (Å²) in [7, 11) is 0.